The van der Waals surface area contributed by atoms with Crippen molar-refractivity contribution in [3.63, 3.8) is 0 Å². The van der Waals surface area contributed by atoms with Gasteiger partial charge in [0.05, 0.1) is 32.0 Å². The van der Waals surface area contributed by atoms with Crippen LogP contribution in [-0.4, -0.2) is 83.9 Å². The van der Waals surface area contributed by atoms with Gasteiger partial charge in [-0.2, -0.15) is 0 Å². The summed E-state index contributed by atoms with van der Waals surface area (Å²) in [4.78, 5) is 53.6. The van der Waals surface area contributed by atoms with Crippen LogP contribution in [0.25, 0.3) is 0 Å². The van der Waals surface area contributed by atoms with Crippen LogP contribution >= 0.6 is 34.2 Å². The molecule has 3 aliphatic heterocycles. The van der Waals surface area contributed by atoms with Gasteiger partial charge in [-0.25, -0.2) is 4.79 Å². The quantitative estimate of drug-likeness (QED) is 0.104. The Kier molecular flexibility index (Phi) is 14.3. The van der Waals surface area contributed by atoms with Crippen molar-refractivity contribution in [2.75, 3.05) is 50.9 Å². The molecule has 0 spiro atoms. The molecule has 270 valence electrons. The predicted molar refractivity (Wildman–Crippen MR) is 198 cm³/mol. The summed E-state index contributed by atoms with van der Waals surface area (Å²) >= 11 is 3.62. The smallest absolute Gasteiger partial charge is 0.369 e. The maximum atomic E-state index is 12.8. The van der Waals surface area contributed by atoms with Gasteiger partial charge in [-0.3, -0.25) is 14.4 Å². The molecule has 1 fully saturated rings. The largest absolute Gasteiger partial charge is 0.465 e. The van der Waals surface area contributed by atoms with Crippen molar-refractivity contribution in [3.05, 3.63) is 71.1 Å². The highest BCUT2D eigenvalue weighted by Crippen LogP contribution is 2.43. The van der Waals surface area contributed by atoms with Crippen molar-refractivity contribution < 1.29 is 38.1 Å². The van der Waals surface area contributed by atoms with Crippen LogP contribution in [0.4, 0.5) is 4.79 Å². The number of hydrogen-bond donors (Lipinski definition) is 1. The highest BCUT2D eigenvalue weighted by atomic mass is 33.1. The number of nitrogens with zero attached hydrogens (tertiary/aromatic N) is 2. The fourth-order valence-corrected chi connectivity index (χ4v) is 8.69. The number of ether oxygens (including phenoxy) is 4. The molecule has 5 rings (SSSR count). The Balaban J connectivity index is 1.18. The van der Waals surface area contributed by atoms with Crippen molar-refractivity contribution in [2.45, 2.75) is 52.4 Å². The lowest BCUT2D eigenvalue weighted by Crippen LogP contribution is -2.48. The fraction of sp³-hybridized carbons (Fsp3) is 0.514. The molecule has 50 heavy (non-hydrogen) atoms. The number of thiol groups is 1. The molecule has 10 nitrogen and oxygen atoms in total. The summed E-state index contributed by atoms with van der Waals surface area (Å²) in [7, 11) is 3.88. The third-order valence-corrected chi connectivity index (χ3v) is 11.6. The van der Waals surface area contributed by atoms with E-state index < -0.39 is 5.30 Å². The van der Waals surface area contributed by atoms with E-state index in [1.807, 2.05) is 21.6 Å². The second-order valence-corrected chi connectivity index (χ2v) is 16.0. The van der Waals surface area contributed by atoms with E-state index >= 15 is 0 Å². The van der Waals surface area contributed by atoms with Gasteiger partial charge >= 0.3 is 23.2 Å². The first-order valence-electron chi connectivity index (χ1n) is 17.3. The van der Waals surface area contributed by atoms with Gasteiger partial charge in [0.2, 0.25) is 0 Å². The Bertz CT molecular complexity index is 1500. The second kappa shape index (κ2) is 18.8. The summed E-state index contributed by atoms with van der Waals surface area (Å²) in [5.41, 5.74) is 3.00. The molecule has 0 radical (unpaired) electrons. The molecule has 0 N–H and O–H groups in total. The van der Waals surface area contributed by atoms with Gasteiger partial charge in [0.25, 0.3) is 0 Å². The number of esters is 3. The summed E-state index contributed by atoms with van der Waals surface area (Å²) in [5.74, 6) is 3.77. The molecular weight excluding hydrogens is 697 g/mol. The number of hydrogen-bond acceptors (Lipinski definition) is 12. The third kappa shape index (κ3) is 11.1. The lowest BCUT2D eigenvalue weighted by atomic mass is 9.76. The number of carbonyl (C=O) groups excluding carboxylic acids is 4. The molecule has 0 amide bonds. The number of allylic oxidation sites excluding steroid dienone is 1. The van der Waals surface area contributed by atoms with Gasteiger partial charge < -0.3 is 28.7 Å². The highest BCUT2D eigenvalue weighted by molar-refractivity contribution is 8.76. The van der Waals surface area contributed by atoms with E-state index in [4.69, 9.17) is 18.9 Å². The minimum atomic E-state index is -0.692. The lowest BCUT2D eigenvalue weighted by Gasteiger charge is -2.48. The maximum Gasteiger partial charge on any atom is 0.369 e. The average molecular weight is 743 g/mol. The van der Waals surface area contributed by atoms with Gasteiger partial charge in [0.15, 0.2) is 0 Å². The van der Waals surface area contributed by atoms with Crippen molar-refractivity contribution >= 4 is 57.4 Å². The molecule has 2 unspecified atom stereocenters. The van der Waals surface area contributed by atoms with E-state index in [2.05, 4.69) is 22.4 Å². The predicted octanol–water partition coefficient (Wildman–Crippen LogP) is 6.58. The standard InChI is InChI=1S/C37H46N2O8S3/c1-25(2)36(42)46-30-7-3-26(4-8-30)23-32(40)44-19-13-28-11-15-38-17-21-49-50-22-18-39-16-12-29(34(28)35(38)39)14-20-45-33(41)24-27-5-9-31(10-6-27)47-37(43)48/h3-10,25,28-29H,11-24H2,1-2H3,(H,43,48). The molecule has 2 atom stereocenters. The fourth-order valence-electron chi connectivity index (χ4n) is 6.61. The summed E-state index contributed by atoms with van der Waals surface area (Å²) < 4.78 is 21.8. The summed E-state index contributed by atoms with van der Waals surface area (Å²) in [6.45, 7) is 8.17. The summed E-state index contributed by atoms with van der Waals surface area (Å²) in [5, 5.41) is -0.692. The van der Waals surface area contributed by atoms with Crippen LogP contribution in [0.2, 0.25) is 0 Å². The Morgan fingerprint density at radius 1 is 0.720 bits per heavy atom. The van der Waals surface area contributed by atoms with Crippen LogP contribution in [0, 0.1) is 17.8 Å². The van der Waals surface area contributed by atoms with E-state index in [1.165, 1.54) is 11.4 Å². The van der Waals surface area contributed by atoms with Gasteiger partial charge in [0.1, 0.15) is 17.3 Å². The first-order chi connectivity index (χ1) is 24.2. The Morgan fingerprint density at radius 3 is 1.62 bits per heavy atom. The molecule has 0 bridgehead atoms. The molecule has 13 heteroatoms. The molecular formula is C37H46N2O8S3. The molecule has 0 aliphatic carbocycles. The zero-order valence-corrected chi connectivity index (χ0v) is 31.2. The molecule has 0 aromatic heterocycles. The van der Waals surface area contributed by atoms with E-state index in [-0.39, 0.29) is 48.5 Å². The average Bonchev–Trinajstić information content (AvgIpc) is 3.19. The summed E-state index contributed by atoms with van der Waals surface area (Å²) in [6, 6.07) is 13.7. The number of rotatable bonds is 13. The monoisotopic (exact) mass is 742 g/mol. The van der Waals surface area contributed by atoms with E-state index in [0.29, 0.717) is 24.7 Å². The second-order valence-electron chi connectivity index (χ2n) is 13.0. The Morgan fingerprint density at radius 2 is 1.18 bits per heavy atom. The highest BCUT2D eigenvalue weighted by Gasteiger charge is 2.38. The molecule has 0 saturated carbocycles. The van der Waals surface area contributed by atoms with Crippen molar-refractivity contribution in [2.24, 2.45) is 17.8 Å². The first-order valence-corrected chi connectivity index (χ1v) is 20.2. The SMILES string of the molecule is CC(C)C(=O)Oc1ccc(CC(=O)OCCC2CCN3CCSSCCN4CCC(CCOC(=O)Cc5ccc(OC(=O)S)cc5)C2=C43)cc1. The van der Waals surface area contributed by atoms with Crippen LogP contribution in [0.15, 0.2) is 59.9 Å². The van der Waals surface area contributed by atoms with Crippen molar-refractivity contribution in [3.8, 4) is 11.5 Å². The molecule has 3 aliphatic rings. The Labute approximate surface area is 307 Å². The molecule has 1 saturated heterocycles. The molecule has 3 heterocycles. The van der Waals surface area contributed by atoms with Crippen LogP contribution in [0.1, 0.15) is 50.7 Å². The minimum Gasteiger partial charge on any atom is -0.465 e. The number of carbonyl (C=O) groups is 4. The maximum absolute atomic E-state index is 12.8. The lowest BCUT2D eigenvalue weighted by molar-refractivity contribution is -0.143. The van der Waals surface area contributed by atoms with Gasteiger partial charge in [0, 0.05) is 37.7 Å². The van der Waals surface area contributed by atoms with E-state index in [9.17, 15) is 19.2 Å². The van der Waals surface area contributed by atoms with Crippen molar-refractivity contribution in [1.29, 1.82) is 0 Å². The first kappa shape index (κ1) is 38.0. The van der Waals surface area contributed by atoms with Crippen molar-refractivity contribution in [1.82, 2.24) is 9.80 Å². The molecule has 2 aromatic carbocycles. The van der Waals surface area contributed by atoms with Crippen LogP contribution in [-0.2, 0) is 36.7 Å². The topological polar surface area (TPSA) is 112 Å². The molecule has 2 aromatic rings. The van der Waals surface area contributed by atoms with Crippen LogP contribution in [0.5, 0.6) is 11.5 Å². The van der Waals surface area contributed by atoms with Gasteiger partial charge in [-0.05, 0) is 78.5 Å². The van der Waals surface area contributed by atoms with Gasteiger partial charge in [-0.15, -0.1) is 0 Å². The summed E-state index contributed by atoms with van der Waals surface area (Å²) in [6.07, 6.45) is 3.75. The van der Waals surface area contributed by atoms with Crippen LogP contribution < -0.4 is 9.47 Å². The van der Waals surface area contributed by atoms with Crippen LogP contribution in [0.3, 0.4) is 0 Å². The zero-order valence-electron chi connectivity index (χ0n) is 28.7. The van der Waals surface area contributed by atoms with Gasteiger partial charge in [-0.1, -0.05) is 72.3 Å². The number of benzene rings is 2. The van der Waals surface area contributed by atoms with E-state index in [0.717, 1.165) is 74.5 Å². The minimum absolute atomic E-state index is 0.133. The zero-order chi connectivity index (χ0) is 35.5. The Hall–Kier alpha value is -3.29. The van der Waals surface area contributed by atoms with E-state index in [1.54, 1.807) is 62.4 Å². The third-order valence-electron chi connectivity index (χ3n) is 9.10. The normalized spacial score (nSPS) is 19.1.